The summed E-state index contributed by atoms with van der Waals surface area (Å²) < 4.78 is 0. The summed E-state index contributed by atoms with van der Waals surface area (Å²) in [5, 5.41) is 9.87. The summed E-state index contributed by atoms with van der Waals surface area (Å²) in [6.07, 6.45) is 10.3. The molecule has 2 saturated carbocycles. The van der Waals surface area contributed by atoms with Gasteiger partial charge in [-0.1, -0.05) is 29.7 Å². The van der Waals surface area contributed by atoms with Crippen molar-refractivity contribution in [2.45, 2.75) is 64.4 Å². The molecule has 4 rings (SSSR count). The van der Waals surface area contributed by atoms with Crippen LogP contribution in [0.2, 0.25) is 0 Å². The number of fused-ring (bicyclic) bond motifs is 4. The number of hydrogen-bond acceptors (Lipinski definition) is 2. The van der Waals surface area contributed by atoms with Gasteiger partial charge in [-0.05, 0) is 50.9 Å². The Bertz CT molecular complexity index is 528. The minimum atomic E-state index is -0.120. The van der Waals surface area contributed by atoms with E-state index in [0.717, 1.165) is 51.4 Å². The number of Topliss-reactive ketones (excluding diaryl/α,β-unsaturated/α-hetero) is 1. The second-order valence-corrected chi connectivity index (χ2v) is 7.46. The first kappa shape index (κ1) is 12.8. The van der Waals surface area contributed by atoms with Gasteiger partial charge >= 0.3 is 0 Å². The molecule has 4 atom stereocenters. The summed E-state index contributed by atoms with van der Waals surface area (Å²) in [5.74, 6) is 1.62. The molecular weight excluding hydrogens is 248 g/mol. The molecule has 0 aromatic heterocycles. The van der Waals surface area contributed by atoms with Crippen LogP contribution in [0.4, 0.5) is 0 Å². The maximum Gasteiger partial charge on any atom is 0.139 e. The van der Waals surface area contributed by atoms with Gasteiger partial charge in [0.15, 0.2) is 0 Å². The Morgan fingerprint density at radius 2 is 2.10 bits per heavy atom. The largest absolute Gasteiger partial charge is 0.393 e. The zero-order valence-electron chi connectivity index (χ0n) is 12.3. The molecule has 20 heavy (non-hydrogen) atoms. The van der Waals surface area contributed by atoms with Gasteiger partial charge in [0.2, 0.25) is 0 Å². The fourth-order valence-electron chi connectivity index (χ4n) is 5.33. The molecule has 0 spiro atoms. The Kier molecular flexibility index (Phi) is 2.76. The van der Waals surface area contributed by atoms with Crippen molar-refractivity contribution in [1.29, 1.82) is 0 Å². The normalized spacial score (nSPS) is 43.8. The number of aliphatic hydroxyl groups is 1. The molecule has 0 radical (unpaired) electrons. The zero-order chi connectivity index (χ0) is 13.9. The van der Waals surface area contributed by atoms with E-state index in [-0.39, 0.29) is 11.5 Å². The van der Waals surface area contributed by atoms with Crippen molar-refractivity contribution in [3.63, 3.8) is 0 Å². The molecule has 2 nitrogen and oxygen atoms in total. The van der Waals surface area contributed by atoms with Crippen molar-refractivity contribution in [3.8, 4) is 0 Å². The van der Waals surface area contributed by atoms with Gasteiger partial charge in [0.1, 0.15) is 5.78 Å². The number of carbonyl (C=O) groups excluding carboxylic acids is 1. The molecule has 0 aromatic carbocycles. The SMILES string of the molecule is CC12CCC3C(=CCC4=C3CC[C@@H](O)C4)[C@@H]1CCC2=O. The van der Waals surface area contributed by atoms with Crippen LogP contribution in [0.15, 0.2) is 22.8 Å². The maximum atomic E-state index is 12.3. The van der Waals surface area contributed by atoms with E-state index < -0.39 is 0 Å². The quantitative estimate of drug-likeness (QED) is 0.685. The zero-order valence-corrected chi connectivity index (χ0v) is 12.3. The van der Waals surface area contributed by atoms with Gasteiger partial charge in [-0.2, -0.15) is 0 Å². The fourth-order valence-corrected chi connectivity index (χ4v) is 5.33. The molecule has 2 unspecified atom stereocenters. The molecule has 2 fully saturated rings. The van der Waals surface area contributed by atoms with Crippen molar-refractivity contribution in [1.82, 2.24) is 0 Å². The second-order valence-electron chi connectivity index (χ2n) is 7.46. The highest BCUT2D eigenvalue weighted by Crippen LogP contribution is 2.58. The first-order valence-electron chi connectivity index (χ1n) is 8.21. The molecule has 0 aromatic rings. The Labute approximate surface area is 120 Å². The van der Waals surface area contributed by atoms with Crippen LogP contribution < -0.4 is 0 Å². The summed E-state index contributed by atoms with van der Waals surface area (Å²) in [4.78, 5) is 12.3. The van der Waals surface area contributed by atoms with E-state index in [1.807, 2.05) is 0 Å². The Balaban J connectivity index is 1.68. The lowest BCUT2D eigenvalue weighted by molar-refractivity contribution is -0.127. The highest BCUT2D eigenvalue weighted by atomic mass is 16.3. The van der Waals surface area contributed by atoms with Crippen molar-refractivity contribution in [2.24, 2.45) is 17.3 Å². The van der Waals surface area contributed by atoms with Gasteiger partial charge in [0.05, 0.1) is 6.10 Å². The molecule has 1 N–H and O–H groups in total. The van der Waals surface area contributed by atoms with Crippen molar-refractivity contribution < 1.29 is 9.90 Å². The van der Waals surface area contributed by atoms with Gasteiger partial charge < -0.3 is 5.11 Å². The van der Waals surface area contributed by atoms with Gasteiger partial charge in [-0.15, -0.1) is 0 Å². The molecule has 2 heteroatoms. The van der Waals surface area contributed by atoms with Gasteiger partial charge in [-0.25, -0.2) is 0 Å². The van der Waals surface area contributed by atoms with Crippen LogP contribution in [0, 0.1) is 17.3 Å². The van der Waals surface area contributed by atoms with E-state index in [9.17, 15) is 9.90 Å². The summed E-state index contributed by atoms with van der Waals surface area (Å²) >= 11 is 0. The summed E-state index contributed by atoms with van der Waals surface area (Å²) in [7, 11) is 0. The number of ketones is 1. The molecule has 0 aliphatic heterocycles. The smallest absolute Gasteiger partial charge is 0.139 e. The predicted molar refractivity (Wildman–Crippen MR) is 78.1 cm³/mol. The molecule has 4 aliphatic rings. The first-order valence-corrected chi connectivity index (χ1v) is 8.21. The van der Waals surface area contributed by atoms with Crippen molar-refractivity contribution >= 4 is 5.78 Å². The number of carbonyl (C=O) groups is 1. The minimum absolute atomic E-state index is 0.0609. The topological polar surface area (TPSA) is 37.3 Å². The lowest BCUT2D eigenvalue weighted by Crippen LogP contribution is -2.39. The van der Waals surface area contributed by atoms with Gasteiger partial charge in [-0.3, -0.25) is 4.79 Å². The average Bonchev–Trinajstić information content (AvgIpc) is 2.74. The standard InChI is InChI=1S/C18H24O2/c1-18-9-8-14-13-5-3-12(19)10-11(13)2-4-15(14)16(18)6-7-17(18)20/h4,12,14,16,19H,2-3,5-10H2,1H3/t12-,14?,16+,18?/m1/s1. The first-order chi connectivity index (χ1) is 9.59. The number of rotatable bonds is 0. The Hall–Kier alpha value is -0.890. The van der Waals surface area contributed by atoms with E-state index in [0.29, 0.717) is 17.6 Å². The third kappa shape index (κ3) is 1.64. The van der Waals surface area contributed by atoms with E-state index >= 15 is 0 Å². The lowest BCUT2D eigenvalue weighted by Gasteiger charge is -2.45. The average molecular weight is 272 g/mol. The molecule has 4 aliphatic carbocycles. The minimum Gasteiger partial charge on any atom is -0.393 e. The van der Waals surface area contributed by atoms with Crippen molar-refractivity contribution in [3.05, 3.63) is 22.8 Å². The molecule has 0 heterocycles. The molecule has 108 valence electrons. The summed E-state index contributed by atoms with van der Waals surface area (Å²) in [6, 6.07) is 0. The molecule has 0 bridgehead atoms. The highest BCUT2D eigenvalue weighted by Gasteiger charge is 2.52. The van der Waals surface area contributed by atoms with Crippen LogP contribution in [0.25, 0.3) is 0 Å². The van der Waals surface area contributed by atoms with Crippen LogP contribution >= 0.6 is 0 Å². The van der Waals surface area contributed by atoms with Crippen LogP contribution in [0.3, 0.4) is 0 Å². The van der Waals surface area contributed by atoms with Crippen LogP contribution in [0.1, 0.15) is 58.3 Å². The molecule has 0 saturated heterocycles. The van der Waals surface area contributed by atoms with Crippen LogP contribution in [0.5, 0.6) is 0 Å². The highest BCUT2D eigenvalue weighted by molar-refractivity contribution is 5.88. The van der Waals surface area contributed by atoms with Gasteiger partial charge in [0, 0.05) is 17.8 Å². The van der Waals surface area contributed by atoms with E-state index in [1.54, 1.807) is 11.1 Å². The molecule has 0 amide bonds. The third-order valence-electron chi connectivity index (χ3n) is 6.51. The maximum absolute atomic E-state index is 12.3. The Morgan fingerprint density at radius 3 is 2.95 bits per heavy atom. The summed E-state index contributed by atoms with van der Waals surface area (Å²) in [6.45, 7) is 2.21. The predicted octanol–water partition coefficient (Wildman–Crippen LogP) is 3.55. The van der Waals surface area contributed by atoms with Gasteiger partial charge in [0.25, 0.3) is 0 Å². The lowest BCUT2D eigenvalue weighted by atomic mass is 9.58. The fraction of sp³-hybridized carbons (Fsp3) is 0.722. The third-order valence-corrected chi connectivity index (χ3v) is 6.51. The summed E-state index contributed by atoms with van der Waals surface area (Å²) in [5.41, 5.74) is 4.66. The number of allylic oxidation sites excluding steroid dienone is 3. The van der Waals surface area contributed by atoms with Crippen molar-refractivity contribution in [2.75, 3.05) is 0 Å². The van der Waals surface area contributed by atoms with E-state index in [2.05, 4.69) is 13.0 Å². The molecular formula is C18H24O2. The Morgan fingerprint density at radius 1 is 1.25 bits per heavy atom. The van der Waals surface area contributed by atoms with Crippen LogP contribution in [-0.2, 0) is 4.79 Å². The van der Waals surface area contributed by atoms with E-state index in [1.165, 1.54) is 5.57 Å². The van der Waals surface area contributed by atoms with Crippen LogP contribution in [-0.4, -0.2) is 17.0 Å². The number of aliphatic hydroxyl groups excluding tert-OH is 1. The number of hydrogen-bond donors (Lipinski definition) is 1. The monoisotopic (exact) mass is 272 g/mol. The second kappa shape index (κ2) is 4.30. The van der Waals surface area contributed by atoms with E-state index in [4.69, 9.17) is 0 Å².